The van der Waals surface area contributed by atoms with E-state index in [1.807, 2.05) is 56.8 Å². The van der Waals surface area contributed by atoms with Gasteiger partial charge in [0.2, 0.25) is 23.6 Å². The van der Waals surface area contributed by atoms with Gasteiger partial charge in [-0.15, -0.1) is 0 Å². The number of nitrogens with zero attached hydrogens (tertiary/aromatic N) is 7. The second kappa shape index (κ2) is 26.4. The molecule has 4 heterocycles. The highest BCUT2D eigenvalue weighted by molar-refractivity contribution is 6.31. The molecule has 16 nitrogen and oxygen atoms in total. The minimum Gasteiger partial charge on any atom is -0.444 e. The van der Waals surface area contributed by atoms with Crippen LogP contribution >= 0.6 is 23.2 Å². The van der Waals surface area contributed by atoms with Gasteiger partial charge in [0, 0.05) is 99.0 Å². The Balaban J connectivity index is 0.000000227. The zero-order valence-corrected chi connectivity index (χ0v) is 46.3. The summed E-state index contributed by atoms with van der Waals surface area (Å²) in [4.78, 5) is 78.1. The molecule has 3 N–H and O–H groups in total. The van der Waals surface area contributed by atoms with Gasteiger partial charge >= 0.3 is 6.09 Å². The summed E-state index contributed by atoms with van der Waals surface area (Å²) in [5.41, 5.74) is 3.85. The lowest BCUT2D eigenvalue weighted by atomic mass is 9.99. The molecule has 4 unspecified atom stereocenters. The molecule has 5 amide bonds. The van der Waals surface area contributed by atoms with Crippen molar-refractivity contribution in [1.29, 1.82) is 0 Å². The molecule has 0 spiro atoms. The number of likely N-dealkylation sites (N-methyl/N-ethyl adjacent to an activating group) is 2. The Kier molecular flexibility index (Phi) is 20.0. The molecular formula is C57H70Cl2F2N10O6. The molecule has 0 aromatic heterocycles. The molecule has 4 aliphatic heterocycles. The van der Waals surface area contributed by atoms with Gasteiger partial charge in [-0.05, 0) is 132 Å². The maximum absolute atomic E-state index is 13.7. The highest BCUT2D eigenvalue weighted by atomic mass is 35.5. The predicted octanol–water partition coefficient (Wildman–Crippen LogP) is 7.00. The second-order valence-corrected chi connectivity index (χ2v) is 22.4. The Morgan fingerprint density at radius 2 is 1.00 bits per heavy atom. The van der Waals surface area contributed by atoms with Gasteiger partial charge < -0.3 is 45.2 Å². The summed E-state index contributed by atoms with van der Waals surface area (Å²) in [5.74, 6) is -1.11. The van der Waals surface area contributed by atoms with Crippen LogP contribution in [0, 0.1) is 11.6 Å². The van der Waals surface area contributed by atoms with E-state index in [2.05, 4.69) is 25.8 Å². The number of carbonyl (C=O) groups is 5. The standard InChI is InChI=1S/C31H39ClFN5O4.C26H31ClFN5O2/c1-31(2,3)42-30(41)37-18-25-16-36(15-21-6-11-24(33)12-7-21)17-26(19-37)38(25)29(40)13-9-22-8-10-23(32)14-27(22)34-28(39)20-35(4)5;1-31(2)17-25(34)30-24-11-20(27)7-5-19(24)6-10-26(35)33-22-12-29-13-23(33)16-32(15-22)14-18-3-8-21(28)9-4-18/h6-14,25-26H,15-20H2,1-5H3,(H,34,39);3-11,22-23,29H,12-17H2,1-2H3,(H,30,34)/b13-9+;10-6+. The lowest BCUT2D eigenvalue weighted by molar-refractivity contribution is -0.141. The number of piperazine rings is 4. The van der Waals surface area contributed by atoms with Crippen LogP contribution in [0.1, 0.15) is 43.0 Å². The summed E-state index contributed by atoms with van der Waals surface area (Å²) in [6.45, 7) is 11.9. The fourth-order valence-corrected chi connectivity index (χ4v) is 10.4. The van der Waals surface area contributed by atoms with E-state index in [1.165, 1.54) is 30.3 Å². The molecule has 4 aliphatic rings. The fourth-order valence-electron chi connectivity index (χ4n) is 10.1. The van der Waals surface area contributed by atoms with E-state index in [0.29, 0.717) is 65.3 Å². The largest absolute Gasteiger partial charge is 0.444 e. The van der Waals surface area contributed by atoms with Crippen molar-refractivity contribution in [3.63, 3.8) is 0 Å². The number of ether oxygens (including phenoxy) is 1. The zero-order chi connectivity index (χ0) is 55.6. The molecule has 20 heteroatoms. The summed E-state index contributed by atoms with van der Waals surface area (Å²) in [6.07, 6.45) is 6.09. The minimum atomic E-state index is -0.630. The third-order valence-electron chi connectivity index (χ3n) is 13.2. The first kappa shape index (κ1) is 58.4. The van der Waals surface area contributed by atoms with Gasteiger partial charge in [-0.25, -0.2) is 13.6 Å². The van der Waals surface area contributed by atoms with Gasteiger partial charge in [-0.2, -0.15) is 0 Å². The first-order valence-corrected chi connectivity index (χ1v) is 26.4. The van der Waals surface area contributed by atoms with Crippen molar-refractivity contribution in [2.24, 2.45) is 0 Å². The monoisotopic (exact) mass is 1100 g/mol. The SMILES string of the molecule is CN(C)CC(=O)Nc1cc(Cl)ccc1/C=C/C(=O)N1C2CN(Cc3ccc(F)cc3)CC1CN(C(=O)OC(C)(C)C)C2.CN(C)CC(=O)Nc1cc(Cl)ccc1/C=C/C(=O)N1C2CNCC1CN(Cc1ccc(F)cc1)C2. The van der Waals surface area contributed by atoms with Crippen LogP contribution in [-0.2, 0) is 37.0 Å². The summed E-state index contributed by atoms with van der Waals surface area (Å²) in [7, 11) is 7.25. The summed E-state index contributed by atoms with van der Waals surface area (Å²) in [6, 6.07) is 22.9. The summed E-state index contributed by atoms with van der Waals surface area (Å²) < 4.78 is 32.3. The summed E-state index contributed by atoms with van der Waals surface area (Å²) in [5, 5.41) is 10.1. The van der Waals surface area contributed by atoms with Gasteiger partial charge in [0.1, 0.15) is 17.2 Å². The molecular weight excluding hydrogens is 1030 g/mol. The zero-order valence-electron chi connectivity index (χ0n) is 44.8. The number of amides is 5. The van der Waals surface area contributed by atoms with Crippen molar-refractivity contribution in [3.8, 4) is 0 Å². The van der Waals surface area contributed by atoms with E-state index in [4.69, 9.17) is 27.9 Å². The number of benzene rings is 4. The molecule has 412 valence electrons. The van der Waals surface area contributed by atoms with Crippen LogP contribution in [0.4, 0.5) is 25.0 Å². The summed E-state index contributed by atoms with van der Waals surface area (Å²) >= 11 is 12.3. The van der Waals surface area contributed by atoms with E-state index in [-0.39, 0.29) is 72.5 Å². The molecule has 8 rings (SSSR count). The third kappa shape index (κ3) is 17.1. The maximum Gasteiger partial charge on any atom is 0.410 e. The predicted molar refractivity (Wildman–Crippen MR) is 298 cm³/mol. The van der Waals surface area contributed by atoms with Gasteiger partial charge in [0.15, 0.2) is 0 Å². The lowest BCUT2D eigenvalue weighted by Gasteiger charge is -2.52. The van der Waals surface area contributed by atoms with Gasteiger partial charge in [-0.3, -0.25) is 29.0 Å². The van der Waals surface area contributed by atoms with Crippen LogP contribution in [0.2, 0.25) is 10.0 Å². The number of nitrogens with one attached hydrogen (secondary N) is 3. The Morgan fingerprint density at radius 3 is 1.39 bits per heavy atom. The van der Waals surface area contributed by atoms with Crippen molar-refractivity contribution >= 4 is 76.5 Å². The number of fused-ring (bicyclic) bond motifs is 4. The number of carbonyl (C=O) groups excluding carboxylic acids is 5. The minimum absolute atomic E-state index is 0.0459. The van der Waals surface area contributed by atoms with E-state index in [9.17, 15) is 32.8 Å². The Morgan fingerprint density at radius 1 is 0.610 bits per heavy atom. The Labute approximate surface area is 460 Å². The third-order valence-corrected chi connectivity index (χ3v) is 13.7. The van der Waals surface area contributed by atoms with Crippen molar-refractivity contribution in [3.05, 3.63) is 141 Å². The quantitative estimate of drug-likeness (QED) is 0.112. The molecule has 4 atom stereocenters. The molecule has 4 saturated heterocycles. The van der Waals surface area contributed by atoms with Gasteiger partial charge in [-0.1, -0.05) is 59.6 Å². The average Bonchev–Trinajstić information content (AvgIpc) is 3.34. The van der Waals surface area contributed by atoms with Gasteiger partial charge in [0.25, 0.3) is 0 Å². The highest BCUT2D eigenvalue weighted by Crippen LogP contribution is 2.29. The Bertz CT molecular complexity index is 2760. The number of rotatable bonds is 14. The van der Waals surface area contributed by atoms with Crippen molar-refractivity contribution < 1.29 is 37.5 Å². The van der Waals surface area contributed by atoms with E-state index >= 15 is 0 Å². The van der Waals surface area contributed by atoms with E-state index in [0.717, 1.165) is 43.9 Å². The fraction of sp³-hybridized carbons (Fsp3) is 0.421. The van der Waals surface area contributed by atoms with Crippen LogP contribution in [0.25, 0.3) is 12.2 Å². The first-order valence-electron chi connectivity index (χ1n) is 25.7. The molecule has 4 bridgehead atoms. The van der Waals surface area contributed by atoms with Crippen molar-refractivity contribution in [2.45, 2.75) is 63.6 Å². The average molecular weight is 1100 g/mol. The molecule has 4 fully saturated rings. The number of anilines is 2. The van der Waals surface area contributed by atoms with Crippen LogP contribution in [0.5, 0.6) is 0 Å². The van der Waals surface area contributed by atoms with Crippen LogP contribution in [0.15, 0.2) is 97.1 Å². The maximum atomic E-state index is 13.7. The Hall–Kier alpha value is -6.25. The number of hydrogen-bond acceptors (Lipinski definition) is 11. The molecule has 0 saturated carbocycles. The van der Waals surface area contributed by atoms with Crippen LogP contribution in [-0.4, -0.2) is 187 Å². The first-order chi connectivity index (χ1) is 36.5. The van der Waals surface area contributed by atoms with E-state index < -0.39 is 11.7 Å². The molecule has 4 aromatic rings. The van der Waals surface area contributed by atoms with Crippen LogP contribution in [0.3, 0.4) is 0 Å². The van der Waals surface area contributed by atoms with Crippen molar-refractivity contribution in [1.82, 2.24) is 39.6 Å². The molecule has 0 radical (unpaired) electrons. The topological polar surface area (TPSA) is 153 Å². The molecule has 77 heavy (non-hydrogen) atoms. The molecule has 4 aromatic carbocycles. The molecule has 0 aliphatic carbocycles. The van der Waals surface area contributed by atoms with Crippen LogP contribution < -0.4 is 16.0 Å². The number of hydrogen-bond donors (Lipinski definition) is 3. The second-order valence-electron chi connectivity index (χ2n) is 21.5. The number of halogens is 4. The van der Waals surface area contributed by atoms with Crippen molar-refractivity contribution in [2.75, 3.05) is 104 Å². The smallest absolute Gasteiger partial charge is 0.410 e. The highest BCUT2D eigenvalue weighted by Gasteiger charge is 2.44. The van der Waals surface area contributed by atoms with E-state index in [1.54, 1.807) is 95.6 Å². The normalized spacial score (nSPS) is 19.8. The van der Waals surface area contributed by atoms with Gasteiger partial charge in [0.05, 0.1) is 37.3 Å². The lowest BCUT2D eigenvalue weighted by Crippen LogP contribution is -2.70.